The first kappa shape index (κ1) is 37.4. The highest BCUT2D eigenvalue weighted by molar-refractivity contribution is 7.48. The monoisotopic (exact) mass is 611 g/mol. The van der Waals surface area contributed by atoms with E-state index in [1.54, 1.807) is 47.6 Å². The zero-order valence-corrected chi connectivity index (χ0v) is 26.7. The summed E-state index contributed by atoms with van der Waals surface area (Å²) in [6.45, 7) is 12.9. The van der Waals surface area contributed by atoms with Gasteiger partial charge >= 0.3 is 20.0 Å². The van der Waals surface area contributed by atoms with E-state index in [4.69, 9.17) is 28.8 Å². The Morgan fingerprint density at radius 1 is 0.927 bits per heavy atom. The fourth-order valence-corrected chi connectivity index (χ4v) is 5.64. The number of benzene rings is 1. The van der Waals surface area contributed by atoms with E-state index in [9.17, 15) is 22.5 Å². The van der Waals surface area contributed by atoms with Crippen LogP contribution < -0.4 is 10.5 Å². The fourth-order valence-electron chi connectivity index (χ4n) is 3.74. The highest BCUT2D eigenvalue weighted by atomic mass is 31.2. The van der Waals surface area contributed by atoms with E-state index in [2.05, 4.69) is 6.92 Å². The van der Waals surface area contributed by atoms with Crippen LogP contribution in [0.25, 0.3) is 0 Å². The first-order valence-electron chi connectivity index (χ1n) is 14.1. The number of hydrogen-bond acceptors (Lipinski definition) is 8. The lowest BCUT2D eigenvalue weighted by Crippen LogP contribution is -2.49. The molecule has 1 aromatic carbocycles. The van der Waals surface area contributed by atoms with Gasteiger partial charge in [0.1, 0.15) is 12.4 Å². The maximum Gasteiger partial charge on any atom is 0.475 e. The van der Waals surface area contributed by atoms with Crippen LogP contribution in [0.1, 0.15) is 105 Å². The molecule has 12 heteroatoms. The van der Waals surface area contributed by atoms with Gasteiger partial charge in [-0.3, -0.25) is 18.4 Å². The smallest absolute Gasteiger partial charge is 0.475 e. The van der Waals surface area contributed by atoms with Gasteiger partial charge in [0, 0.05) is 6.92 Å². The van der Waals surface area contributed by atoms with Crippen LogP contribution in [-0.4, -0.2) is 42.5 Å². The SMILES string of the molecule is CCCCCCCOc1ccc(CCC(N)(COC(C)=O)COP(=O)(OC(C)(C)C)OC(C)(C)C)cc1C(F)(F)F. The van der Waals surface area contributed by atoms with E-state index in [1.165, 1.54) is 13.0 Å². The minimum Gasteiger partial charge on any atom is -0.493 e. The second-order valence-electron chi connectivity index (χ2n) is 12.4. The summed E-state index contributed by atoms with van der Waals surface area (Å²) >= 11 is 0. The lowest BCUT2D eigenvalue weighted by molar-refractivity contribution is -0.143. The first-order valence-corrected chi connectivity index (χ1v) is 15.5. The van der Waals surface area contributed by atoms with Gasteiger partial charge in [-0.15, -0.1) is 0 Å². The van der Waals surface area contributed by atoms with Crippen LogP contribution in [0.4, 0.5) is 13.2 Å². The second kappa shape index (κ2) is 15.7. The predicted octanol–water partition coefficient (Wildman–Crippen LogP) is 8.00. The van der Waals surface area contributed by atoms with Gasteiger partial charge in [0.2, 0.25) is 0 Å². The zero-order chi connectivity index (χ0) is 31.5. The molecule has 2 N–H and O–H groups in total. The van der Waals surface area contributed by atoms with E-state index >= 15 is 0 Å². The van der Waals surface area contributed by atoms with E-state index in [0.717, 1.165) is 31.7 Å². The summed E-state index contributed by atoms with van der Waals surface area (Å²) in [6.07, 6.45) is 0.257. The summed E-state index contributed by atoms with van der Waals surface area (Å²) in [6, 6.07) is 3.90. The molecule has 0 radical (unpaired) electrons. The van der Waals surface area contributed by atoms with Crippen molar-refractivity contribution in [1.29, 1.82) is 0 Å². The minimum absolute atomic E-state index is 0.0419. The molecule has 0 aliphatic heterocycles. The molecule has 238 valence electrons. The number of aryl methyl sites for hydroxylation is 1. The number of hydrogen-bond donors (Lipinski definition) is 1. The maximum atomic E-state index is 13.9. The molecule has 0 saturated carbocycles. The summed E-state index contributed by atoms with van der Waals surface area (Å²) in [5.41, 5.74) is 2.82. The summed E-state index contributed by atoms with van der Waals surface area (Å²) in [4.78, 5) is 11.5. The number of carbonyl (C=O) groups is 1. The highest BCUT2D eigenvalue weighted by Gasteiger charge is 2.40. The number of carbonyl (C=O) groups excluding carboxylic acids is 1. The molecule has 41 heavy (non-hydrogen) atoms. The van der Waals surface area contributed by atoms with Crippen LogP contribution in [-0.2, 0) is 40.3 Å². The van der Waals surface area contributed by atoms with Gasteiger partial charge in [-0.25, -0.2) is 4.57 Å². The van der Waals surface area contributed by atoms with Gasteiger partial charge in [0.25, 0.3) is 0 Å². The largest absolute Gasteiger partial charge is 0.493 e. The Morgan fingerprint density at radius 3 is 2.02 bits per heavy atom. The molecule has 8 nitrogen and oxygen atoms in total. The average molecular weight is 612 g/mol. The molecule has 0 spiro atoms. The second-order valence-corrected chi connectivity index (χ2v) is 13.9. The number of esters is 1. The van der Waals surface area contributed by atoms with Crippen LogP contribution in [0.15, 0.2) is 18.2 Å². The van der Waals surface area contributed by atoms with Gasteiger partial charge in [-0.05, 0) is 78.5 Å². The third-order valence-corrected chi connectivity index (χ3v) is 7.60. The lowest BCUT2D eigenvalue weighted by atomic mass is 9.93. The Balaban J connectivity index is 3.09. The van der Waals surface area contributed by atoms with Crippen molar-refractivity contribution in [3.05, 3.63) is 29.3 Å². The standard InChI is InChI=1S/C29H49F3NO7P/c1-9-10-11-12-13-18-36-25-15-14-23(19-24(25)29(30,31)32)16-17-28(33,20-37-22(2)34)21-38-41(35,39-26(3,4)5)40-27(6,7)8/h14-15,19H,9-13,16-18,20-21,33H2,1-8H3. The molecule has 0 heterocycles. The Morgan fingerprint density at radius 2 is 1.51 bits per heavy atom. The molecular weight excluding hydrogens is 562 g/mol. The third-order valence-electron chi connectivity index (χ3n) is 5.61. The number of nitrogens with two attached hydrogens (primary N) is 1. The summed E-state index contributed by atoms with van der Waals surface area (Å²) in [5.74, 6) is -0.825. The Labute approximate surface area is 243 Å². The molecule has 0 aliphatic carbocycles. The third kappa shape index (κ3) is 16.0. The van der Waals surface area contributed by atoms with Crippen molar-refractivity contribution >= 4 is 13.8 Å². The summed E-state index contributed by atoms with van der Waals surface area (Å²) in [7, 11) is -4.14. The molecule has 0 aromatic heterocycles. The number of unbranched alkanes of at least 4 members (excludes halogenated alkanes) is 4. The van der Waals surface area contributed by atoms with Crippen LogP contribution in [0.2, 0.25) is 0 Å². The molecular formula is C29H49F3NO7P. The molecule has 1 atom stereocenters. The van der Waals surface area contributed by atoms with Gasteiger partial charge in [-0.2, -0.15) is 13.2 Å². The topological polar surface area (TPSA) is 106 Å². The van der Waals surface area contributed by atoms with Gasteiger partial charge < -0.3 is 15.2 Å². The Hall–Kier alpha value is -1.65. The van der Waals surface area contributed by atoms with E-state index in [-0.39, 0.29) is 31.8 Å². The Bertz CT molecular complexity index is 986. The van der Waals surface area contributed by atoms with E-state index in [1.807, 2.05) is 0 Å². The zero-order valence-electron chi connectivity index (χ0n) is 25.8. The van der Waals surface area contributed by atoms with Crippen molar-refractivity contribution in [1.82, 2.24) is 0 Å². The number of phosphoric ester groups is 1. The molecule has 1 aromatic rings. The fraction of sp³-hybridized carbons (Fsp3) is 0.759. The Kier molecular flexibility index (Phi) is 14.3. The van der Waals surface area contributed by atoms with Crippen molar-refractivity contribution in [3.8, 4) is 5.75 Å². The van der Waals surface area contributed by atoms with Gasteiger partial charge in [-0.1, -0.05) is 38.7 Å². The number of alkyl halides is 3. The minimum atomic E-state index is -4.62. The molecule has 0 bridgehead atoms. The molecule has 0 saturated heterocycles. The number of rotatable bonds is 17. The van der Waals surface area contributed by atoms with Gasteiger partial charge in [0.15, 0.2) is 0 Å². The number of halogens is 3. The number of ether oxygens (including phenoxy) is 2. The average Bonchev–Trinajstić information content (AvgIpc) is 2.80. The maximum absolute atomic E-state index is 13.9. The van der Waals surface area contributed by atoms with Crippen molar-refractivity contribution in [2.45, 2.75) is 123 Å². The quantitative estimate of drug-likeness (QED) is 0.107. The van der Waals surface area contributed by atoms with Crippen LogP contribution in [0.3, 0.4) is 0 Å². The lowest BCUT2D eigenvalue weighted by Gasteiger charge is -2.34. The first-order chi connectivity index (χ1) is 18.7. The van der Waals surface area contributed by atoms with Crippen molar-refractivity contribution in [2.24, 2.45) is 5.73 Å². The highest BCUT2D eigenvalue weighted by Crippen LogP contribution is 2.55. The molecule has 0 aliphatic rings. The summed E-state index contributed by atoms with van der Waals surface area (Å²) < 4.78 is 82.6. The van der Waals surface area contributed by atoms with E-state index < -0.39 is 48.9 Å². The van der Waals surface area contributed by atoms with Crippen molar-refractivity contribution in [3.63, 3.8) is 0 Å². The van der Waals surface area contributed by atoms with Gasteiger partial charge in [0.05, 0.1) is 35.5 Å². The van der Waals surface area contributed by atoms with E-state index in [0.29, 0.717) is 12.0 Å². The van der Waals surface area contributed by atoms with Crippen LogP contribution in [0, 0.1) is 0 Å². The van der Waals surface area contributed by atoms with Crippen molar-refractivity contribution in [2.75, 3.05) is 19.8 Å². The van der Waals surface area contributed by atoms with Crippen LogP contribution >= 0.6 is 7.82 Å². The number of phosphoric acid groups is 1. The molecule has 0 fully saturated rings. The predicted molar refractivity (Wildman–Crippen MR) is 153 cm³/mol. The molecule has 1 unspecified atom stereocenters. The summed E-state index contributed by atoms with van der Waals surface area (Å²) in [5, 5.41) is 0. The van der Waals surface area contributed by atoms with Crippen LogP contribution in [0.5, 0.6) is 5.75 Å². The van der Waals surface area contributed by atoms with Crippen molar-refractivity contribution < 1.29 is 45.6 Å². The normalized spacial score (nSPS) is 14.5. The molecule has 0 amide bonds. The molecule has 1 rings (SSSR count).